The van der Waals surface area contributed by atoms with Crippen molar-refractivity contribution in [3.05, 3.63) is 106 Å². The van der Waals surface area contributed by atoms with Crippen molar-refractivity contribution < 1.29 is 4.79 Å². The third-order valence-corrected chi connectivity index (χ3v) is 5.77. The summed E-state index contributed by atoms with van der Waals surface area (Å²) < 4.78 is 1.42. The summed E-state index contributed by atoms with van der Waals surface area (Å²) in [7, 11) is 0. The standard InChI is InChI=1S/C27H21ClN4O/c1-17-14-18(2)32(31-17)27(33)21-10-6-7-11-24(21)29-16-23-22-15-20(28)12-13-25(22)30-26(23)19-8-4-3-5-9-19/h3-16,30H,1-2H3. The van der Waals surface area contributed by atoms with Crippen molar-refractivity contribution in [3.63, 3.8) is 0 Å². The fraction of sp³-hybridized carbons (Fsp3) is 0.0741. The largest absolute Gasteiger partial charge is 0.354 e. The second kappa shape index (κ2) is 8.52. The van der Waals surface area contributed by atoms with E-state index in [-0.39, 0.29) is 5.91 Å². The number of nitrogens with zero attached hydrogens (tertiary/aromatic N) is 3. The zero-order valence-corrected chi connectivity index (χ0v) is 19.0. The van der Waals surface area contributed by atoms with E-state index in [0.717, 1.165) is 39.1 Å². The molecular formula is C27H21ClN4O. The average molecular weight is 453 g/mol. The number of fused-ring (bicyclic) bond motifs is 1. The Bertz CT molecular complexity index is 1510. The molecule has 5 aromatic rings. The first-order valence-electron chi connectivity index (χ1n) is 10.6. The Kier molecular flexibility index (Phi) is 5.40. The van der Waals surface area contributed by atoms with E-state index in [1.807, 2.05) is 86.6 Å². The van der Waals surface area contributed by atoms with E-state index in [1.54, 1.807) is 12.3 Å². The topological polar surface area (TPSA) is 63.0 Å². The monoisotopic (exact) mass is 452 g/mol. The molecule has 2 heterocycles. The van der Waals surface area contributed by atoms with Crippen LogP contribution in [-0.4, -0.2) is 26.9 Å². The Morgan fingerprint density at radius 3 is 2.52 bits per heavy atom. The van der Waals surface area contributed by atoms with Crippen LogP contribution in [-0.2, 0) is 0 Å². The highest BCUT2D eigenvalue weighted by Gasteiger charge is 2.17. The third-order valence-electron chi connectivity index (χ3n) is 5.53. The summed E-state index contributed by atoms with van der Waals surface area (Å²) in [6, 6.07) is 25.0. The number of benzene rings is 3. The molecule has 5 nitrogen and oxygen atoms in total. The smallest absolute Gasteiger partial charge is 0.280 e. The molecule has 0 amide bonds. The van der Waals surface area contributed by atoms with Crippen LogP contribution in [0.15, 0.2) is 83.9 Å². The Morgan fingerprint density at radius 2 is 1.76 bits per heavy atom. The summed E-state index contributed by atoms with van der Waals surface area (Å²) in [5, 5.41) is 5.95. The van der Waals surface area contributed by atoms with Gasteiger partial charge in [-0.2, -0.15) is 5.10 Å². The van der Waals surface area contributed by atoms with E-state index < -0.39 is 0 Å². The first-order chi connectivity index (χ1) is 16.0. The van der Waals surface area contributed by atoms with Crippen molar-refractivity contribution in [2.45, 2.75) is 13.8 Å². The minimum Gasteiger partial charge on any atom is -0.354 e. The van der Waals surface area contributed by atoms with Gasteiger partial charge in [-0.3, -0.25) is 9.79 Å². The van der Waals surface area contributed by atoms with Crippen LogP contribution >= 0.6 is 11.6 Å². The van der Waals surface area contributed by atoms with Crippen molar-refractivity contribution in [3.8, 4) is 11.3 Å². The van der Waals surface area contributed by atoms with Crippen molar-refractivity contribution in [2.24, 2.45) is 4.99 Å². The first kappa shape index (κ1) is 20.9. The van der Waals surface area contributed by atoms with Crippen molar-refractivity contribution in [2.75, 3.05) is 0 Å². The molecule has 0 spiro atoms. The molecule has 0 unspecified atom stereocenters. The van der Waals surface area contributed by atoms with Crippen LogP contribution in [0.1, 0.15) is 27.3 Å². The number of hydrogen-bond donors (Lipinski definition) is 1. The molecule has 0 atom stereocenters. The summed E-state index contributed by atoms with van der Waals surface area (Å²) >= 11 is 6.30. The summed E-state index contributed by atoms with van der Waals surface area (Å²) in [5.74, 6) is -0.210. The molecule has 2 aromatic heterocycles. The molecule has 5 rings (SSSR count). The molecule has 0 fully saturated rings. The fourth-order valence-corrected chi connectivity index (χ4v) is 4.17. The number of aryl methyl sites for hydroxylation is 2. The maximum absolute atomic E-state index is 13.2. The number of para-hydroxylation sites is 1. The van der Waals surface area contributed by atoms with Crippen molar-refractivity contribution in [1.29, 1.82) is 0 Å². The number of nitrogens with one attached hydrogen (secondary N) is 1. The maximum atomic E-state index is 13.2. The molecule has 0 saturated carbocycles. The number of aliphatic imine (C=N–C) groups is 1. The molecule has 0 bridgehead atoms. The lowest BCUT2D eigenvalue weighted by molar-refractivity contribution is 0.0943. The van der Waals surface area contributed by atoms with Crippen LogP contribution in [0.5, 0.6) is 0 Å². The summed E-state index contributed by atoms with van der Waals surface area (Å²) in [5.41, 5.74) is 6.50. The Balaban J connectivity index is 1.62. The van der Waals surface area contributed by atoms with Gasteiger partial charge in [-0.15, -0.1) is 0 Å². The Hall–Kier alpha value is -3.96. The van der Waals surface area contributed by atoms with Crippen LogP contribution < -0.4 is 0 Å². The van der Waals surface area contributed by atoms with Crippen LogP contribution in [0, 0.1) is 13.8 Å². The second-order valence-corrected chi connectivity index (χ2v) is 8.33. The predicted octanol–water partition coefficient (Wildman–Crippen LogP) is 6.74. The van der Waals surface area contributed by atoms with Gasteiger partial charge >= 0.3 is 0 Å². The quantitative estimate of drug-likeness (QED) is 0.307. The van der Waals surface area contributed by atoms with Gasteiger partial charge in [-0.25, -0.2) is 4.68 Å². The molecular weight excluding hydrogens is 432 g/mol. The van der Waals surface area contributed by atoms with Gasteiger partial charge in [0.05, 0.1) is 22.6 Å². The van der Waals surface area contributed by atoms with Crippen LogP contribution in [0.25, 0.3) is 22.2 Å². The van der Waals surface area contributed by atoms with Crippen LogP contribution in [0.4, 0.5) is 5.69 Å². The van der Waals surface area contributed by atoms with Gasteiger partial charge in [0.2, 0.25) is 0 Å². The molecule has 0 saturated heterocycles. The van der Waals surface area contributed by atoms with Crippen LogP contribution in [0.2, 0.25) is 5.02 Å². The molecule has 0 aliphatic carbocycles. The van der Waals surface area contributed by atoms with Crippen molar-refractivity contribution in [1.82, 2.24) is 14.8 Å². The molecule has 0 aliphatic heterocycles. The summed E-state index contributed by atoms with van der Waals surface area (Å²) in [6.45, 7) is 3.74. The Labute approximate surface area is 196 Å². The number of rotatable bonds is 4. The predicted molar refractivity (Wildman–Crippen MR) is 134 cm³/mol. The van der Waals surface area contributed by atoms with Gasteiger partial charge < -0.3 is 4.98 Å². The van der Waals surface area contributed by atoms with Gasteiger partial charge in [-0.1, -0.05) is 54.1 Å². The lowest BCUT2D eigenvalue weighted by atomic mass is 10.1. The SMILES string of the molecule is Cc1cc(C)n(C(=O)c2ccccc2N=Cc2c(-c3ccccc3)[nH]c3ccc(Cl)cc23)n1. The number of aromatic nitrogens is 3. The lowest BCUT2D eigenvalue weighted by Gasteiger charge is -2.06. The van der Waals surface area contributed by atoms with Crippen LogP contribution in [0.3, 0.4) is 0 Å². The molecule has 6 heteroatoms. The van der Waals surface area contributed by atoms with E-state index in [2.05, 4.69) is 10.1 Å². The Morgan fingerprint density at radius 1 is 1.00 bits per heavy atom. The van der Waals surface area contributed by atoms with E-state index in [4.69, 9.17) is 16.6 Å². The van der Waals surface area contributed by atoms with Gasteiger partial charge in [0.25, 0.3) is 5.91 Å². The maximum Gasteiger partial charge on any atom is 0.280 e. The normalized spacial score (nSPS) is 11.5. The summed E-state index contributed by atoms with van der Waals surface area (Å²) in [6.07, 6.45) is 1.80. The van der Waals surface area contributed by atoms with E-state index >= 15 is 0 Å². The second-order valence-electron chi connectivity index (χ2n) is 7.89. The number of carbonyl (C=O) groups is 1. The number of H-pyrrole nitrogens is 1. The van der Waals surface area contributed by atoms with E-state index in [0.29, 0.717) is 16.3 Å². The highest BCUT2D eigenvalue weighted by atomic mass is 35.5. The van der Waals surface area contributed by atoms with Gasteiger partial charge in [-0.05, 0) is 55.8 Å². The number of hydrogen-bond acceptors (Lipinski definition) is 3. The zero-order valence-electron chi connectivity index (χ0n) is 18.2. The van der Waals surface area contributed by atoms with Gasteiger partial charge in [0.15, 0.2) is 0 Å². The number of carbonyl (C=O) groups excluding carboxylic acids is 1. The highest BCUT2D eigenvalue weighted by molar-refractivity contribution is 6.31. The molecule has 3 aromatic carbocycles. The lowest BCUT2D eigenvalue weighted by Crippen LogP contribution is -2.15. The molecule has 33 heavy (non-hydrogen) atoms. The van der Waals surface area contributed by atoms with Crippen molar-refractivity contribution >= 4 is 40.3 Å². The number of halogens is 1. The minimum absolute atomic E-state index is 0.210. The molecule has 162 valence electrons. The fourth-order valence-electron chi connectivity index (χ4n) is 4.00. The van der Waals surface area contributed by atoms with E-state index in [1.165, 1.54) is 4.68 Å². The van der Waals surface area contributed by atoms with Gasteiger partial charge in [0.1, 0.15) is 0 Å². The van der Waals surface area contributed by atoms with Gasteiger partial charge in [0, 0.05) is 33.4 Å². The molecule has 1 N–H and O–H groups in total. The molecule has 0 radical (unpaired) electrons. The van der Waals surface area contributed by atoms with E-state index in [9.17, 15) is 4.79 Å². The summed E-state index contributed by atoms with van der Waals surface area (Å²) in [4.78, 5) is 21.4. The minimum atomic E-state index is -0.210. The first-order valence-corrected chi connectivity index (χ1v) is 11.0. The third kappa shape index (κ3) is 3.99. The number of aromatic amines is 1. The highest BCUT2D eigenvalue weighted by Crippen LogP contribution is 2.31. The molecule has 0 aliphatic rings. The average Bonchev–Trinajstić information content (AvgIpc) is 3.36. The zero-order chi connectivity index (χ0) is 22.9.